The van der Waals surface area contributed by atoms with Crippen LogP contribution in [0.4, 0.5) is 18.9 Å². The molecule has 9 heteroatoms. The molecule has 2 aliphatic carbocycles. The Kier molecular flexibility index (Phi) is 4.12. The number of anilines is 1. The first-order chi connectivity index (χ1) is 12.7. The summed E-state index contributed by atoms with van der Waals surface area (Å²) >= 11 is 0. The molecule has 2 saturated carbocycles. The number of carbonyl (C=O) groups excluding carboxylic acids is 3. The van der Waals surface area contributed by atoms with Gasteiger partial charge in [0.15, 0.2) is 6.61 Å². The van der Waals surface area contributed by atoms with Crippen LogP contribution in [0.5, 0.6) is 0 Å². The quantitative estimate of drug-likeness (QED) is 0.808. The Morgan fingerprint density at radius 3 is 2.78 bits per heavy atom. The molecule has 4 rings (SSSR count). The Morgan fingerprint density at radius 2 is 2.04 bits per heavy atom. The smallest absolute Gasteiger partial charge is 0.416 e. The summed E-state index contributed by atoms with van der Waals surface area (Å²) in [6.45, 7) is -0.631. The molecule has 0 unspecified atom stereocenters. The van der Waals surface area contributed by atoms with E-state index in [1.807, 2.05) is 0 Å². The van der Waals surface area contributed by atoms with E-state index in [-0.39, 0.29) is 29.6 Å². The third-order valence-electron chi connectivity index (χ3n) is 5.57. The van der Waals surface area contributed by atoms with Gasteiger partial charge in [0.2, 0.25) is 0 Å². The molecule has 1 amide bonds. The topological polar surface area (TPSA) is 81.7 Å². The summed E-state index contributed by atoms with van der Waals surface area (Å²) in [4.78, 5) is 36.2. The van der Waals surface area contributed by atoms with Crippen molar-refractivity contribution in [3.8, 4) is 0 Å². The van der Waals surface area contributed by atoms with Gasteiger partial charge in [-0.25, -0.2) is 0 Å². The Balaban J connectivity index is 1.34. The van der Waals surface area contributed by atoms with E-state index in [9.17, 15) is 27.6 Å². The van der Waals surface area contributed by atoms with Crippen molar-refractivity contribution in [1.82, 2.24) is 0 Å². The molecule has 27 heavy (non-hydrogen) atoms. The minimum Gasteiger partial charge on any atom is -0.462 e. The summed E-state index contributed by atoms with van der Waals surface area (Å²) in [5.41, 5.74) is -0.943. The molecule has 0 radical (unpaired) electrons. The maximum atomic E-state index is 12.7. The van der Waals surface area contributed by atoms with Gasteiger partial charge in [-0.05, 0) is 37.0 Å². The van der Waals surface area contributed by atoms with Crippen molar-refractivity contribution >= 4 is 23.5 Å². The zero-order chi connectivity index (χ0) is 19.3. The van der Waals surface area contributed by atoms with Crippen molar-refractivity contribution in [2.75, 3.05) is 11.9 Å². The number of carbonyl (C=O) groups is 3. The number of amides is 1. The lowest BCUT2D eigenvalue weighted by Crippen LogP contribution is -2.34. The molecule has 1 saturated heterocycles. The zero-order valence-electron chi connectivity index (χ0n) is 14.0. The SMILES string of the molecule is O=C(COC(=O)[C@@H]1[C@H]2C[C@@H]3[C@@H]1C(=O)O[C@@H]3C2)Nc1cccc(C(F)(F)F)c1. The van der Waals surface area contributed by atoms with E-state index in [1.54, 1.807) is 0 Å². The van der Waals surface area contributed by atoms with Crippen molar-refractivity contribution in [2.24, 2.45) is 23.7 Å². The van der Waals surface area contributed by atoms with Crippen LogP contribution in [-0.4, -0.2) is 30.6 Å². The number of benzene rings is 1. The van der Waals surface area contributed by atoms with Crippen LogP contribution in [0.15, 0.2) is 24.3 Å². The minimum absolute atomic E-state index is 0.00970. The molecule has 0 spiro atoms. The molecule has 1 aromatic carbocycles. The van der Waals surface area contributed by atoms with E-state index < -0.39 is 42.1 Å². The second-order valence-electron chi connectivity index (χ2n) is 7.16. The molecule has 0 aromatic heterocycles. The molecule has 1 N–H and O–H groups in total. The van der Waals surface area contributed by atoms with E-state index in [0.29, 0.717) is 6.42 Å². The Bertz CT molecular complexity index is 806. The summed E-state index contributed by atoms with van der Waals surface area (Å²) in [6.07, 6.45) is -3.27. The lowest BCUT2D eigenvalue weighted by Gasteiger charge is -2.22. The summed E-state index contributed by atoms with van der Waals surface area (Å²) in [5, 5.41) is 2.27. The lowest BCUT2D eigenvalue weighted by atomic mass is 9.80. The fourth-order valence-corrected chi connectivity index (χ4v) is 4.53. The van der Waals surface area contributed by atoms with E-state index >= 15 is 0 Å². The van der Waals surface area contributed by atoms with Gasteiger partial charge in [-0.15, -0.1) is 0 Å². The Morgan fingerprint density at radius 1 is 1.26 bits per heavy atom. The highest BCUT2D eigenvalue weighted by atomic mass is 19.4. The van der Waals surface area contributed by atoms with Crippen LogP contribution in [0.3, 0.4) is 0 Å². The van der Waals surface area contributed by atoms with Gasteiger partial charge in [-0.1, -0.05) is 6.07 Å². The molecule has 5 atom stereocenters. The van der Waals surface area contributed by atoms with Crippen molar-refractivity contribution in [2.45, 2.75) is 25.1 Å². The molecule has 3 aliphatic rings. The van der Waals surface area contributed by atoms with E-state index in [2.05, 4.69) is 5.32 Å². The van der Waals surface area contributed by atoms with Crippen molar-refractivity contribution in [3.05, 3.63) is 29.8 Å². The van der Waals surface area contributed by atoms with E-state index in [1.165, 1.54) is 12.1 Å². The van der Waals surface area contributed by atoms with Gasteiger partial charge in [0, 0.05) is 11.6 Å². The summed E-state index contributed by atoms with van der Waals surface area (Å²) < 4.78 is 48.3. The number of hydrogen-bond acceptors (Lipinski definition) is 5. The highest BCUT2D eigenvalue weighted by molar-refractivity contribution is 5.93. The highest BCUT2D eigenvalue weighted by Gasteiger charge is 2.64. The third kappa shape index (κ3) is 3.15. The minimum atomic E-state index is -4.53. The van der Waals surface area contributed by atoms with Crippen LogP contribution in [0.1, 0.15) is 18.4 Å². The van der Waals surface area contributed by atoms with Crippen LogP contribution in [0.25, 0.3) is 0 Å². The van der Waals surface area contributed by atoms with Crippen molar-refractivity contribution < 1.29 is 37.0 Å². The first-order valence-electron chi connectivity index (χ1n) is 8.58. The first-order valence-corrected chi connectivity index (χ1v) is 8.58. The molecule has 3 fully saturated rings. The van der Waals surface area contributed by atoms with Gasteiger partial charge < -0.3 is 14.8 Å². The maximum absolute atomic E-state index is 12.7. The Hall–Kier alpha value is -2.58. The van der Waals surface area contributed by atoms with Gasteiger partial charge in [0.05, 0.1) is 17.4 Å². The van der Waals surface area contributed by atoms with E-state index in [0.717, 1.165) is 18.6 Å². The molecule has 2 bridgehead atoms. The monoisotopic (exact) mass is 383 g/mol. The molecule has 6 nitrogen and oxygen atoms in total. The highest BCUT2D eigenvalue weighted by Crippen LogP contribution is 2.57. The predicted molar refractivity (Wildman–Crippen MR) is 84.1 cm³/mol. The number of rotatable bonds is 4. The zero-order valence-corrected chi connectivity index (χ0v) is 14.0. The van der Waals surface area contributed by atoms with Gasteiger partial charge in [-0.2, -0.15) is 13.2 Å². The molecular formula is C18H16F3NO5. The number of nitrogens with one attached hydrogen (secondary N) is 1. The first kappa shape index (κ1) is 17.8. The van der Waals surface area contributed by atoms with Crippen molar-refractivity contribution in [3.63, 3.8) is 0 Å². The van der Waals surface area contributed by atoms with Crippen LogP contribution in [-0.2, 0) is 30.0 Å². The van der Waals surface area contributed by atoms with Gasteiger partial charge in [0.1, 0.15) is 6.10 Å². The van der Waals surface area contributed by atoms with Crippen molar-refractivity contribution in [1.29, 1.82) is 0 Å². The average molecular weight is 383 g/mol. The number of halogens is 3. The van der Waals surface area contributed by atoms with E-state index in [4.69, 9.17) is 9.47 Å². The number of hydrogen-bond donors (Lipinski definition) is 1. The van der Waals surface area contributed by atoms with Gasteiger partial charge in [0.25, 0.3) is 5.91 Å². The summed E-state index contributed by atoms with van der Waals surface area (Å²) in [6, 6.07) is 4.16. The number of ether oxygens (including phenoxy) is 2. The molecule has 1 heterocycles. The maximum Gasteiger partial charge on any atom is 0.416 e. The number of fused-ring (bicyclic) bond motifs is 1. The molecule has 144 valence electrons. The van der Waals surface area contributed by atoms with Gasteiger partial charge >= 0.3 is 18.1 Å². The largest absolute Gasteiger partial charge is 0.462 e. The second kappa shape index (κ2) is 6.24. The van der Waals surface area contributed by atoms with Crippen LogP contribution >= 0.6 is 0 Å². The predicted octanol–water partition coefficient (Wildman–Crippen LogP) is 2.38. The number of esters is 2. The summed E-state index contributed by atoms with van der Waals surface area (Å²) in [7, 11) is 0. The number of alkyl halides is 3. The molecule has 1 aromatic rings. The Labute approximate surface area is 152 Å². The standard InChI is InChI=1S/C18H16F3NO5/c19-18(20,21)9-2-1-3-10(6-9)22-13(23)7-26-16(24)14-8-4-11-12(5-8)27-17(25)15(11)14/h1-3,6,8,11-12,14-15H,4-5,7H2,(H,22,23)/t8-,11-,12+,14+,15-/m0/s1. The average Bonchev–Trinajstić information content (AvgIpc) is 3.21. The fraction of sp³-hybridized carbons (Fsp3) is 0.500. The second-order valence-corrected chi connectivity index (χ2v) is 7.16. The third-order valence-corrected chi connectivity index (χ3v) is 5.57. The van der Waals surface area contributed by atoms with Crippen LogP contribution in [0.2, 0.25) is 0 Å². The molecular weight excluding hydrogens is 367 g/mol. The lowest BCUT2D eigenvalue weighted by molar-refractivity contribution is -0.157. The summed E-state index contributed by atoms with van der Waals surface area (Å²) in [5.74, 6) is -2.84. The fourth-order valence-electron chi connectivity index (χ4n) is 4.53. The molecule has 1 aliphatic heterocycles. The normalized spacial score (nSPS) is 30.9. The van der Waals surface area contributed by atoms with Gasteiger partial charge in [-0.3, -0.25) is 14.4 Å². The van der Waals surface area contributed by atoms with Crippen LogP contribution in [0, 0.1) is 23.7 Å². The van der Waals surface area contributed by atoms with Crippen LogP contribution < -0.4 is 5.32 Å².